The Balaban J connectivity index is 1.87. The van der Waals surface area contributed by atoms with Gasteiger partial charge in [0.15, 0.2) is 0 Å². The van der Waals surface area contributed by atoms with Gasteiger partial charge < -0.3 is 14.7 Å². The van der Waals surface area contributed by atoms with Crippen molar-refractivity contribution < 1.29 is 23.0 Å². The number of nitrogens with zero attached hydrogens (tertiary/aromatic N) is 2. The predicted octanol–water partition coefficient (Wildman–Crippen LogP) is 2.86. The Hall–Kier alpha value is -1.34. The molecule has 2 aliphatic heterocycles. The average molecular weight is 330 g/mol. The molecule has 2 fully saturated rings. The molecule has 0 saturated carbocycles. The molecule has 0 aromatic carbocycles. The number of alkyl halides is 3. The van der Waals surface area contributed by atoms with Crippen molar-refractivity contribution in [3.8, 4) is 0 Å². The van der Waals surface area contributed by atoms with Crippen LogP contribution in [0.5, 0.6) is 0 Å². The molecular weight excluding hydrogens is 309 g/mol. The quantitative estimate of drug-likeness (QED) is 0.906. The third kappa shape index (κ3) is 3.30. The minimum atomic E-state index is -4.45. The molecule has 1 N–H and O–H groups in total. The maximum absolute atomic E-state index is 12.9. The van der Waals surface area contributed by atoms with Crippen LogP contribution in [0.15, 0.2) is 18.3 Å². The summed E-state index contributed by atoms with van der Waals surface area (Å²) in [5.74, 6) is -0.110. The first-order valence-electron chi connectivity index (χ1n) is 7.89. The summed E-state index contributed by atoms with van der Waals surface area (Å²) in [6.07, 6.45) is -0.978. The smallest absolute Gasteiger partial charge is 0.390 e. The molecule has 4 nitrogen and oxygen atoms in total. The summed E-state index contributed by atoms with van der Waals surface area (Å²) >= 11 is 0. The highest BCUT2D eigenvalue weighted by atomic mass is 19.4. The van der Waals surface area contributed by atoms with Crippen molar-refractivity contribution in [3.05, 3.63) is 24.0 Å². The number of aliphatic hydroxyl groups is 1. The molecular formula is C16H21F3N2O2. The van der Waals surface area contributed by atoms with Crippen molar-refractivity contribution >= 4 is 5.69 Å². The Bertz CT molecular complexity index is 563. The van der Waals surface area contributed by atoms with Gasteiger partial charge in [-0.15, -0.1) is 0 Å². The van der Waals surface area contributed by atoms with Gasteiger partial charge in [-0.1, -0.05) is 0 Å². The summed E-state index contributed by atoms with van der Waals surface area (Å²) in [5, 5.41) is 10.6. The van der Waals surface area contributed by atoms with E-state index in [4.69, 9.17) is 4.74 Å². The van der Waals surface area contributed by atoms with E-state index >= 15 is 0 Å². The molecule has 0 amide bonds. The Labute approximate surface area is 133 Å². The lowest BCUT2D eigenvalue weighted by Crippen LogP contribution is -2.52. The van der Waals surface area contributed by atoms with Gasteiger partial charge in [0.05, 0.1) is 12.2 Å². The van der Waals surface area contributed by atoms with Crippen molar-refractivity contribution in [1.29, 1.82) is 0 Å². The predicted molar refractivity (Wildman–Crippen MR) is 79.2 cm³/mol. The van der Waals surface area contributed by atoms with E-state index < -0.39 is 17.5 Å². The second-order valence-corrected chi connectivity index (χ2v) is 6.59. The Morgan fingerprint density at radius 1 is 1.43 bits per heavy atom. The molecule has 2 aliphatic rings. The zero-order valence-electron chi connectivity index (χ0n) is 13.0. The van der Waals surface area contributed by atoms with Gasteiger partial charge in [0.1, 0.15) is 5.69 Å². The van der Waals surface area contributed by atoms with E-state index in [1.807, 2.05) is 4.90 Å². The SMILES string of the molecule is CC1(O)CCOCC1C1CCCN1c1ccnc(C(F)(F)F)c1. The molecule has 3 atom stereocenters. The fraction of sp³-hybridized carbons (Fsp3) is 0.688. The number of halogens is 3. The van der Waals surface area contributed by atoms with E-state index in [1.165, 1.54) is 6.20 Å². The third-order valence-corrected chi connectivity index (χ3v) is 4.98. The highest BCUT2D eigenvalue weighted by Crippen LogP contribution is 2.39. The molecule has 7 heteroatoms. The molecule has 2 saturated heterocycles. The standard InChI is InChI=1S/C16H21F3N2O2/c1-15(22)5-8-23-10-12(15)13-3-2-7-21(13)11-4-6-20-14(9-11)16(17,18)19/h4,6,9,12-13,22H,2-3,5,7-8,10H2,1H3. The molecule has 3 heterocycles. The second kappa shape index (κ2) is 5.94. The molecule has 3 unspecified atom stereocenters. The van der Waals surface area contributed by atoms with E-state index in [0.29, 0.717) is 31.9 Å². The van der Waals surface area contributed by atoms with Crippen LogP contribution >= 0.6 is 0 Å². The molecule has 23 heavy (non-hydrogen) atoms. The highest BCUT2D eigenvalue weighted by Gasteiger charge is 2.44. The topological polar surface area (TPSA) is 45.6 Å². The molecule has 0 aliphatic carbocycles. The minimum Gasteiger partial charge on any atom is -0.390 e. The molecule has 1 aromatic heterocycles. The molecule has 0 radical (unpaired) electrons. The van der Waals surface area contributed by atoms with Crippen molar-refractivity contribution in [2.24, 2.45) is 5.92 Å². The molecule has 0 spiro atoms. The lowest BCUT2D eigenvalue weighted by atomic mass is 9.79. The van der Waals surface area contributed by atoms with E-state index in [-0.39, 0.29) is 12.0 Å². The van der Waals surface area contributed by atoms with Crippen LogP contribution < -0.4 is 4.90 Å². The van der Waals surface area contributed by atoms with Gasteiger partial charge >= 0.3 is 6.18 Å². The lowest BCUT2D eigenvalue weighted by molar-refractivity contribution is -0.141. The largest absolute Gasteiger partial charge is 0.433 e. The summed E-state index contributed by atoms with van der Waals surface area (Å²) in [6, 6.07) is 2.68. The minimum absolute atomic E-state index is 0.0196. The summed E-state index contributed by atoms with van der Waals surface area (Å²) in [7, 11) is 0. The third-order valence-electron chi connectivity index (χ3n) is 4.98. The summed E-state index contributed by atoms with van der Waals surface area (Å²) < 4.78 is 44.2. The van der Waals surface area contributed by atoms with E-state index in [2.05, 4.69) is 4.98 Å². The highest BCUT2D eigenvalue weighted by molar-refractivity contribution is 5.49. The average Bonchev–Trinajstić information content (AvgIpc) is 2.95. The first kappa shape index (κ1) is 16.5. The second-order valence-electron chi connectivity index (χ2n) is 6.59. The molecule has 128 valence electrons. The number of pyridine rings is 1. The van der Waals surface area contributed by atoms with Gasteiger partial charge in [-0.05, 0) is 38.3 Å². The zero-order chi connectivity index (χ0) is 16.7. The van der Waals surface area contributed by atoms with Crippen LogP contribution in [0.1, 0.15) is 31.9 Å². The first-order valence-corrected chi connectivity index (χ1v) is 7.89. The van der Waals surface area contributed by atoms with E-state index in [9.17, 15) is 18.3 Å². The number of anilines is 1. The maximum Gasteiger partial charge on any atom is 0.433 e. The van der Waals surface area contributed by atoms with Crippen molar-refractivity contribution in [1.82, 2.24) is 4.98 Å². The van der Waals surface area contributed by atoms with Crippen molar-refractivity contribution in [3.63, 3.8) is 0 Å². The van der Waals surface area contributed by atoms with Gasteiger partial charge in [-0.25, -0.2) is 0 Å². The summed E-state index contributed by atoms with van der Waals surface area (Å²) in [5.41, 5.74) is -1.23. The van der Waals surface area contributed by atoms with Gasteiger partial charge in [0.2, 0.25) is 0 Å². The van der Waals surface area contributed by atoms with Gasteiger partial charge in [0.25, 0.3) is 0 Å². The van der Waals surface area contributed by atoms with Crippen molar-refractivity contribution in [2.75, 3.05) is 24.7 Å². The molecule has 3 rings (SSSR count). The number of hydrogen-bond donors (Lipinski definition) is 1. The first-order chi connectivity index (χ1) is 10.8. The monoisotopic (exact) mass is 330 g/mol. The number of ether oxygens (including phenoxy) is 1. The fourth-order valence-electron chi connectivity index (χ4n) is 3.66. The summed E-state index contributed by atoms with van der Waals surface area (Å²) in [4.78, 5) is 5.39. The van der Waals surface area contributed by atoms with Crippen LogP contribution in [0, 0.1) is 5.92 Å². The van der Waals surface area contributed by atoms with E-state index in [0.717, 1.165) is 18.9 Å². The van der Waals surface area contributed by atoms with Gasteiger partial charge in [-0.2, -0.15) is 13.2 Å². The van der Waals surface area contributed by atoms with Gasteiger partial charge in [0, 0.05) is 37.0 Å². The van der Waals surface area contributed by atoms with Crippen LogP contribution in [0.4, 0.5) is 18.9 Å². The fourth-order valence-corrected chi connectivity index (χ4v) is 3.66. The van der Waals surface area contributed by atoms with Crippen molar-refractivity contribution in [2.45, 2.75) is 44.0 Å². The van der Waals surface area contributed by atoms with E-state index in [1.54, 1.807) is 13.0 Å². The summed E-state index contributed by atoms with van der Waals surface area (Å²) in [6.45, 7) is 3.43. The maximum atomic E-state index is 12.9. The van der Waals surface area contributed by atoms with Crippen LogP contribution in [-0.4, -0.2) is 41.5 Å². The number of aromatic nitrogens is 1. The number of hydrogen-bond acceptors (Lipinski definition) is 4. The molecule has 0 bridgehead atoms. The Kier molecular flexibility index (Phi) is 4.27. The van der Waals surface area contributed by atoms with Crippen LogP contribution in [0.3, 0.4) is 0 Å². The van der Waals surface area contributed by atoms with Crippen LogP contribution in [0.25, 0.3) is 0 Å². The zero-order valence-corrected chi connectivity index (χ0v) is 13.0. The van der Waals surface area contributed by atoms with Crippen LogP contribution in [-0.2, 0) is 10.9 Å². The van der Waals surface area contributed by atoms with Gasteiger partial charge in [-0.3, -0.25) is 4.98 Å². The number of rotatable bonds is 2. The lowest BCUT2D eigenvalue weighted by Gasteiger charge is -2.43. The molecule has 1 aromatic rings. The Morgan fingerprint density at radius 2 is 2.22 bits per heavy atom. The van der Waals surface area contributed by atoms with Crippen LogP contribution in [0.2, 0.25) is 0 Å². The normalized spacial score (nSPS) is 32.3. The Morgan fingerprint density at radius 3 is 2.91 bits per heavy atom.